The third-order valence-corrected chi connectivity index (χ3v) is 4.95. The molecule has 2 aromatic carbocycles. The lowest BCUT2D eigenvalue weighted by Crippen LogP contribution is -2.25. The number of thioether (sulfide) groups is 1. The highest BCUT2D eigenvalue weighted by atomic mass is 32.2. The molecule has 0 saturated carbocycles. The van der Waals surface area contributed by atoms with E-state index in [4.69, 9.17) is 9.15 Å². The van der Waals surface area contributed by atoms with Gasteiger partial charge in [0.1, 0.15) is 5.75 Å². The number of amides is 1. The van der Waals surface area contributed by atoms with Gasteiger partial charge in [0.25, 0.3) is 11.1 Å². The van der Waals surface area contributed by atoms with Crippen LogP contribution in [0, 0.1) is 13.8 Å². The lowest BCUT2D eigenvalue weighted by molar-refractivity contribution is -0.118. The van der Waals surface area contributed by atoms with Crippen LogP contribution >= 0.6 is 11.8 Å². The maximum atomic E-state index is 12.5. The highest BCUT2D eigenvalue weighted by molar-refractivity contribution is 7.99. The molecule has 28 heavy (non-hydrogen) atoms. The molecule has 1 amide bonds. The van der Waals surface area contributed by atoms with E-state index in [1.165, 1.54) is 11.8 Å². The minimum atomic E-state index is -0.240. The number of nitrogens with one attached hydrogen (secondary N) is 1. The van der Waals surface area contributed by atoms with Crippen molar-refractivity contribution in [3.05, 3.63) is 53.1 Å². The van der Waals surface area contributed by atoms with Gasteiger partial charge in [0.05, 0.1) is 11.4 Å². The summed E-state index contributed by atoms with van der Waals surface area (Å²) in [5.74, 6) is 0.770. The van der Waals surface area contributed by atoms with Crippen LogP contribution in [0.4, 0.5) is 5.69 Å². The van der Waals surface area contributed by atoms with Crippen molar-refractivity contribution in [2.45, 2.75) is 19.1 Å². The van der Waals surface area contributed by atoms with Gasteiger partial charge >= 0.3 is 0 Å². The van der Waals surface area contributed by atoms with E-state index in [1.54, 1.807) is 18.2 Å². The predicted molar refractivity (Wildman–Crippen MR) is 105 cm³/mol. The van der Waals surface area contributed by atoms with Crippen LogP contribution < -0.4 is 10.1 Å². The number of anilines is 1. The maximum absolute atomic E-state index is 12.5. The Kier molecular flexibility index (Phi) is 4.87. The number of ketones is 1. The van der Waals surface area contributed by atoms with Crippen molar-refractivity contribution in [3.8, 4) is 17.2 Å². The van der Waals surface area contributed by atoms with Crippen LogP contribution in [-0.2, 0) is 4.79 Å². The number of ether oxygens (including phenoxy) is 1. The average Bonchev–Trinajstić information content (AvgIpc) is 3.14. The zero-order valence-corrected chi connectivity index (χ0v) is 16.1. The lowest BCUT2D eigenvalue weighted by atomic mass is 10.1. The first-order valence-electron chi connectivity index (χ1n) is 8.63. The first-order chi connectivity index (χ1) is 13.5. The van der Waals surface area contributed by atoms with E-state index in [0.29, 0.717) is 28.1 Å². The van der Waals surface area contributed by atoms with Crippen molar-refractivity contribution >= 4 is 29.1 Å². The average molecular weight is 395 g/mol. The second-order valence-corrected chi connectivity index (χ2v) is 7.44. The molecule has 1 aliphatic heterocycles. The Labute approximate surface area is 165 Å². The second kappa shape index (κ2) is 7.47. The van der Waals surface area contributed by atoms with Gasteiger partial charge in [0.15, 0.2) is 12.4 Å². The Morgan fingerprint density at radius 2 is 1.93 bits per heavy atom. The number of aryl methyl sites for hydroxylation is 2. The number of rotatable bonds is 5. The molecule has 0 saturated heterocycles. The molecule has 1 N–H and O–H groups in total. The quantitative estimate of drug-likeness (QED) is 0.520. The van der Waals surface area contributed by atoms with E-state index in [-0.39, 0.29) is 24.1 Å². The number of carbonyl (C=O) groups excluding carboxylic acids is 2. The summed E-state index contributed by atoms with van der Waals surface area (Å²) in [7, 11) is 0. The van der Waals surface area contributed by atoms with Gasteiger partial charge in [-0.3, -0.25) is 9.59 Å². The van der Waals surface area contributed by atoms with E-state index in [0.717, 1.165) is 16.7 Å². The van der Waals surface area contributed by atoms with Gasteiger partial charge in [0.2, 0.25) is 5.89 Å². The van der Waals surface area contributed by atoms with Crippen LogP contribution in [0.2, 0.25) is 0 Å². The molecule has 0 aliphatic carbocycles. The molecule has 0 fully saturated rings. The van der Waals surface area contributed by atoms with Crippen molar-refractivity contribution in [1.29, 1.82) is 0 Å². The molecular weight excluding hydrogens is 378 g/mol. The van der Waals surface area contributed by atoms with Crippen molar-refractivity contribution in [2.75, 3.05) is 17.7 Å². The number of hydrogen-bond donors (Lipinski definition) is 1. The van der Waals surface area contributed by atoms with Gasteiger partial charge in [-0.15, -0.1) is 10.2 Å². The van der Waals surface area contributed by atoms with E-state index < -0.39 is 0 Å². The fourth-order valence-electron chi connectivity index (χ4n) is 2.95. The second-order valence-electron chi connectivity index (χ2n) is 6.51. The van der Waals surface area contributed by atoms with E-state index in [9.17, 15) is 9.59 Å². The third kappa shape index (κ3) is 3.91. The zero-order valence-electron chi connectivity index (χ0n) is 15.3. The molecule has 0 radical (unpaired) electrons. The van der Waals surface area contributed by atoms with E-state index >= 15 is 0 Å². The monoisotopic (exact) mass is 395 g/mol. The smallest absolute Gasteiger partial charge is 0.277 e. The van der Waals surface area contributed by atoms with E-state index in [1.807, 2.05) is 26.0 Å². The summed E-state index contributed by atoms with van der Waals surface area (Å²) in [6.07, 6.45) is 0. The highest BCUT2D eigenvalue weighted by Crippen LogP contribution is 2.30. The molecule has 0 unspecified atom stereocenters. The molecule has 1 aromatic heterocycles. The minimum Gasteiger partial charge on any atom is -0.482 e. The summed E-state index contributed by atoms with van der Waals surface area (Å²) >= 11 is 1.18. The molecule has 3 aromatic rings. The Balaban J connectivity index is 1.44. The first kappa shape index (κ1) is 18.2. The normalized spacial score (nSPS) is 12.9. The van der Waals surface area contributed by atoms with Crippen molar-refractivity contribution in [1.82, 2.24) is 10.2 Å². The van der Waals surface area contributed by atoms with Crippen molar-refractivity contribution in [3.63, 3.8) is 0 Å². The molecule has 1 aliphatic rings. The van der Waals surface area contributed by atoms with Crippen LogP contribution in [0.3, 0.4) is 0 Å². The Hall–Kier alpha value is -3.13. The zero-order chi connectivity index (χ0) is 19.7. The fraction of sp³-hybridized carbons (Fsp3) is 0.200. The molecule has 2 heterocycles. The van der Waals surface area contributed by atoms with Crippen LogP contribution in [0.25, 0.3) is 11.5 Å². The predicted octanol–water partition coefficient (Wildman–Crippen LogP) is 3.66. The molecule has 0 atom stereocenters. The van der Waals surface area contributed by atoms with Gasteiger partial charge < -0.3 is 14.5 Å². The third-order valence-electron chi connectivity index (χ3n) is 4.14. The summed E-state index contributed by atoms with van der Waals surface area (Å²) in [6, 6.07) is 11.0. The van der Waals surface area contributed by atoms with Crippen molar-refractivity contribution in [2.24, 2.45) is 0 Å². The standard InChI is InChI=1S/C20H17N3O4S/c1-11-5-12(2)7-14(6-11)19-22-23-20(27-19)28-10-16(24)13-3-4-17-15(8-13)21-18(25)9-26-17/h3-8H,9-10H2,1-2H3,(H,21,25). The molecule has 4 rings (SSSR count). The molecule has 8 heteroatoms. The molecule has 7 nitrogen and oxygen atoms in total. The number of carbonyl (C=O) groups is 2. The number of nitrogens with zero attached hydrogens (tertiary/aromatic N) is 2. The van der Waals surface area contributed by atoms with Gasteiger partial charge in [-0.2, -0.15) is 0 Å². The highest BCUT2D eigenvalue weighted by Gasteiger charge is 2.18. The summed E-state index contributed by atoms with van der Waals surface area (Å²) in [5, 5.41) is 11.1. The number of hydrogen-bond acceptors (Lipinski definition) is 7. The fourth-order valence-corrected chi connectivity index (χ4v) is 3.61. The SMILES string of the molecule is Cc1cc(C)cc(-c2nnc(SCC(=O)c3ccc4c(c3)NC(=O)CO4)o2)c1. The molecular formula is C20H17N3O4S. The van der Waals surface area contributed by atoms with Gasteiger partial charge in [-0.05, 0) is 44.2 Å². The summed E-state index contributed by atoms with van der Waals surface area (Å²) < 4.78 is 11.0. The number of aromatic nitrogens is 2. The van der Waals surface area contributed by atoms with Crippen LogP contribution in [-0.4, -0.2) is 34.2 Å². The van der Waals surface area contributed by atoms with Crippen LogP contribution in [0.15, 0.2) is 46.0 Å². The molecule has 0 bridgehead atoms. The largest absolute Gasteiger partial charge is 0.482 e. The lowest BCUT2D eigenvalue weighted by Gasteiger charge is -2.18. The van der Waals surface area contributed by atoms with Crippen LogP contribution in [0.5, 0.6) is 5.75 Å². The topological polar surface area (TPSA) is 94.3 Å². The summed E-state index contributed by atoms with van der Waals surface area (Å²) in [4.78, 5) is 23.9. The number of fused-ring (bicyclic) bond motifs is 1. The van der Waals surface area contributed by atoms with Gasteiger partial charge in [0, 0.05) is 11.1 Å². The summed E-state index contributed by atoms with van der Waals surface area (Å²) in [5.41, 5.74) is 4.06. The maximum Gasteiger partial charge on any atom is 0.277 e. The minimum absolute atomic E-state index is 0.0178. The van der Waals surface area contributed by atoms with Gasteiger partial charge in [-0.1, -0.05) is 29.0 Å². The molecule has 0 spiro atoms. The number of benzene rings is 2. The first-order valence-corrected chi connectivity index (χ1v) is 9.61. The van der Waals surface area contributed by atoms with Crippen molar-refractivity contribution < 1.29 is 18.7 Å². The van der Waals surface area contributed by atoms with Crippen LogP contribution in [0.1, 0.15) is 21.5 Å². The Morgan fingerprint density at radius 3 is 2.71 bits per heavy atom. The Bertz CT molecular complexity index is 1060. The number of Topliss-reactive ketones (excluding diaryl/α,β-unsaturated/α-hetero) is 1. The molecule has 142 valence electrons. The summed E-state index contributed by atoms with van der Waals surface area (Å²) in [6.45, 7) is 4.00. The van der Waals surface area contributed by atoms with Gasteiger partial charge in [-0.25, -0.2) is 0 Å². The van der Waals surface area contributed by atoms with E-state index in [2.05, 4.69) is 21.6 Å². The Morgan fingerprint density at radius 1 is 1.14 bits per heavy atom.